The number of rotatable bonds is 10. The van der Waals surface area contributed by atoms with Crippen LogP contribution in [-0.2, 0) is 9.84 Å². The van der Waals surface area contributed by atoms with Crippen LogP contribution in [0.4, 0.5) is 17.5 Å². The van der Waals surface area contributed by atoms with Gasteiger partial charge in [-0.3, -0.25) is 5.10 Å². The summed E-state index contributed by atoms with van der Waals surface area (Å²) in [5.74, 6) is 3.02. The lowest BCUT2D eigenvalue weighted by Crippen LogP contribution is -2.35. The van der Waals surface area contributed by atoms with Crippen LogP contribution in [0.2, 0.25) is 5.02 Å². The minimum Gasteiger partial charge on any atom is -0.490 e. The molecule has 3 heterocycles. The molecule has 1 aliphatic heterocycles. The van der Waals surface area contributed by atoms with Crippen molar-refractivity contribution in [1.29, 1.82) is 0 Å². The number of aromatic amines is 1. The van der Waals surface area contributed by atoms with Gasteiger partial charge in [0.1, 0.15) is 0 Å². The van der Waals surface area contributed by atoms with Gasteiger partial charge in [-0.2, -0.15) is 5.10 Å². The minimum absolute atomic E-state index is 0.164. The molecule has 13 heteroatoms. The zero-order valence-corrected chi connectivity index (χ0v) is 24.7. The van der Waals surface area contributed by atoms with Crippen LogP contribution in [0.5, 0.6) is 5.75 Å². The Balaban J connectivity index is 1.66. The van der Waals surface area contributed by atoms with E-state index in [0.717, 1.165) is 44.4 Å². The third-order valence-electron chi connectivity index (χ3n) is 6.42. The molecule has 0 saturated carbocycles. The summed E-state index contributed by atoms with van der Waals surface area (Å²) in [6.07, 6.45) is 4.48. The quantitative estimate of drug-likeness (QED) is 0.329. The fourth-order valence-electron chi connectivity index (χ4n) is 4.32. The average Bonchev–Trinajstić information content (AvgIpc) is 3.27. The SMILES string of the molecule is COc1c(Nc2cc(C)[nH]n2)nc(Sc2ccc(S(C)(=O)=O)cc2Cl)nc1N1CCC(CCN(C)C)CC1. The number of ether oxygens (including phenoxy) is 1. The van der Waals surface area contributed by atoms with Crippen molar-refractivity contribution in [2.45, 2.75) is 41.1 Å². The summed E-state index contributed by atoms with van der Waals surface area (Å²) in [6.45, 7) is 4.73. The van der Waals surface area contributed by atoms with Gasteiger partial charge in [-0.25, -0.2) is 18.4 Å². The Labute approximate surface area is 233 Å². The lowest BCUT2D eigenvalue weighted by atomic mass is 9.93. The summed E-state index contributed by atoms with van der Waals surface area (Å²) in [5, 5.41) is 11.2. The maximum atomic E-state index is 11.9. The molecular formula is C25H34ClN7O3S2. The molecule has 0 radical (unpaired) electrons. The van der Waals surface area contributed by atoms with Gasteiger partial charge in [0, 0.05) is 36.0 Å². The number of hydrogen-bond donors (Lipinski definition) is 2. The summed E-state index contributed by atoms with van der Waals surface area (Å²) < 4.78 is 29.7. The molecule has 0 atom stereocenters. The number of halogens is 1. The second kappa shape index (κ2) is 12.1. The van der Waals surface area contributed by atoms with E-state index in [1.807, 2.05) is 13.0 Å². The van der Waals surface area contributed by atoms with E-state index >= 15 is 0 Å². The molecule has 3 aromatic rings. The highest BCUT2D eigenvalue weighted by Crippen LogP contribution is 2.41. The Kier molecular flexibility index (Phi) is 9.07. The number of anilines is 3. The van der Waals surface area contributed by atoms with Gasteiger partial charge in [-0.1, -0.05) is 11.6 Å². The molecule has 206 valence electrons. The largest absolute Gasteiger partial charge is 0.490 e. The molecule has 1 aromatic carbocycles. The number of aromatic nitrogens is 4. The predicted molar refractivity (Wildman–Crippen MR) is 152 cm³/mol. The molecule has 2 N–H and O–H groups in total. The first-order chi connectivity index (χ1) is 18.0. The number of nitrogens with zero attached hydrogens (tertiary/aromatic N) is 5. The van der Waals surface area contributed by atoms with Gasteiger partial charge < -0.3 is 19.9 Å². The molecule has 10 nitrogen and oxygen atoms in total. The van der Waals surface area contributed by atoms with Crippen molar-refractivity contribution in [2.75, 3.05) is 57.3 Å². The summed E-state index contributed by atoms with van der Waals surface area (Å²) in [5.41, 5.74) is 0.910. The molecule has 38 heavy (non-hydrogen) atoms. The first kappa shape index (κ1) is 28.5. The smallest absolute Gasteiger partial charge is 0.204 e. The normalized spacial score (nSPS) is 14.8. The number of H-pyrrole nitrogens is 1. The fraction of sp³-hybridized carbons (Fsp3) is 0.480. The highest BCUT2D eigenvalue weighted by Gasteiger charge is 2.26. The zero-order valence-electron chi connectivity index (χ0n) is 22.3. The van der Waals surface area contributed by atoms with E-state index in [4.69, 9.17) is 26.3 Å². The van der Waals surface area contributed by atoms with Crippen molar-refractivity contribution in [3.8, 4) is 5.75 Å². The van der Waals surface area contributed by atoms with Crippen LogP contribution in [0.15, 0.2) is 39.2 Å². The maximum Gasteiger partial charge on any atom is 0.204 e. The van der Waals surface area contributed by atoms with E-state index in [-0.39, 0.29) is 4.90 Å². The third kappa shape index (κ3) is 7.10. The Morgan fingerprint density at radius 1 is 1.24 bits per heavy atom. The highest BCUT2D eigenvalue weighted by atomic mass is 35.5. The predicted octanol–water partition coefficient (Wildman–Crippen LogP) is 4.64. The fourth-order valence-corrected chi connectivity index (χ4v) is 6.09. The van der Waals surface area contributed by atoms with E-state index in [1.54, 1.807) is 13.2 Å². The number of methoxy groups -OCH3 is 1. The van der Waals surface area contributed by atoms with E-state index < -0.39 is 9.84 Å². The number of nitrogens with one attached hydrogen (secondary N) is 2. The molecule has 1 fully saturated rings. The Morgan fingerprint density at radius 3 is 2.55 bits per heavy atom. The van der Waals surface area contributed by atoms with Crippen LogP contribution >= 0.6 is 23.4 Å². The molecule has 1 saturated heterocycles. The van der Waals surface area contributed by atoms with E-state index in [1.165, 1.54) is 30.3 Å². The van der Waals surface area contributed by atoms with E-state index in [2.05, 4.69) is 39.4 Å². The lowest BCUT2D eigenvalue weighted by molar-refractivity contribution is 0.311. The Morgan fingerprint density at radius 2 is 1.97 bits per heavy atom. The van der Waals surface area contributed by atoms with Crippen molar-refractivity contribution >= 4 is 50.7 Å². The summed E-state index contributed by atoms with van der Waals surface area (Å²) in [7, 11) is 2.46. The highest BCUT2D eigenvalue weighted by molar-refractivity contribution is 7.99. The Bertz CT molecular complexity index is 1370. The van der Waals surface area contributed by atoms with Crippen molar-refractivity contribution < 1.29 is 13.2 Å². The van der Waals surface area contributed by atoms with Gasteiger partial charge in [0.2, 0.25) is 5.75 Å². The molecule has 0 bridgehead atoms. The topological polar surface area (TPSA) is 116 Å². The van der Waals surface area contributed by atoms with Crippen LogP contribution in [0.3, 0.4) is 0 Å². The molecule has 0 spiro atoms. The lowest BCUT2D eigenvalue weighted by Gasteiger charge is -2.34. The van der Waals surface area contributed by atoms with Gasteiger partial charge >= 0.3 is 0 Å². The second-order valence-electron chi connectivity index (χ2n) is 9.76. The van der Waals surface area contributed by atoms with Crippen molar-refractivity contribution in [3.63, 3.8) is 0 Å². The second-order valence-corrected chi connectivity index (χ2v) is 13.2. The summed E-state index contributed by atoms with van der Waals surface area (Å²) in [4.78, 5) is 14.9. The van der Waals surface area contributed by atoms with Gasteiger partial charge in [0.05, 0.1) is 17.0 Å². The van der Waals surface area contributed by atoms with Crippen molar-refractivity contribution in [2.24, 2.45) is 5.92 Å². The van der Waals surface area contributed by atoms with Crippen LogP contribution in [-0.4, -0.2) is 80.6 Å². The van der Waals surface area contributed by atoms with Crippen LogP contribution < -0.4 is 15.0 Å². The van der Waals surface area contributed by atoms with E-state index in [0.29, 0.717) is 44.2 Å². The number of piperidine rings is 1. The van der Waals surface area contributed by atoms with Crippen molar-refractivity contribution in [1.82, 2.24) is 25.1 Å². The monoisotopic (exact) mass is 579 g/mol. The molecule has 0 aliphatic carbocycles. The summed E-state index contributed by atoms with van der Waals surface area (Å²) in [6, 6.07) is 6.55. The zero-order chi connectivity index (χ0) is 27.4. The number of hydrogen-bond acceptors (Lipinski definition) is 10. The van der Waals surface area contributed by atoms with Gasteiger partial charge in [0.15, 0.2) is 32.4 Å². The number of benzene rings is 1. The van der Waals surface area contributed by atoms with Crippen molar-refractivity contribution in [3.05, 3.63) is 35.0 Å². The van der Waals surface area contributed by atoms with Crippen LogP contribution in [0, 0.1) is 12.8 Å². The van der Waals surface area contributed by atoms with Gasteiger partial charge in [-0.05, 0) is 82.7 Å². The van der Waals surface area contributed by atoms with Gasteiger partial charge in [0.25, 0.3) is 0 Å². The standard InChI is InChI=1S/C25H34ClN7O3S2/c1-16-14-21(31-30-16)27-23-22(36-4)24(33-12-9-17(10-13-33)8-11-32(2)3)29-25(28-23)37-20-7-6-18(15-19(20)26)38(5,34)35/h6-7,14-15,17H,8-13H2,1-5H3,(H2,27,28,29,30,31). The van der Waals surface area contributed by atoms with Crippen LogP contribution in [0.1, 0.15) is 25.0 Å². The number of sulfone groups is 1. The minimum atomic E-state index is -3.37. The first-order valence-corrected chi connectivity index (χ1v) is 15.4. The summed E-state index contributed by atoms with van der Waals surface area (Å²) >= 11 is 7.73. The molecule has 4 rings (SSSR count). The third-order valence-corrected chi connectivity index (χ3v) is 8.89. The molecular weight excluding hydrogens is 546 g/mol. The van der Waals surface area contributed by atoms with Crippen LogP contribution in [0.25, 0.3) is 0 Å². The number of aryl methyl sites for hydroxylation is 1. The maximum absolute atomic E-state index is 11.9. The average molecular weight is 580 g/mol. The molecule has 0 amide bonds. The van der Waals surface area contributed by atoms with E-state index in [9.17, 15) is 8.42 Å². The molecule has 1 aliphatic rings. The van der Waals surface area contributed by atoms with Gasteiger partial charge in [-0.15, -0.1) is 0 Å². The molecule has 0 unspecified atom stereocenters. The first-order valence-electron chi connectivity index (χ1n) is 12.4. The molecule has 2 aromatic heterocycles. The Hall–Kier alpha value is -2.54.